The van der Waals surface area contributed by atoms with Crippen LogP contribution in [0.15, 0.2) is 12.4 Å². The first-order chi connectivity index (χ1) is 8.31. The van der Waals surface area contributed by atoms with Gasteiger partial charge in [0.05, 0.1) is 0 Å². The largest absolute Gasteiger partial charge is 0.356 e. The van der Waals surface area contributed by atoms with Crippen LogP contribution in [0.2, 0.25) is 0 Å². The molecule has 0 amide bonds. The highest BCUT2D eigenvalue weighted by Gasteiger charge is 2.12. The minimum Gasteiger partial charge on any atom is -0.356 e. The summed E-state index contributed by atoms with van der Waals surface area (Å²) in [4.78, 5) is 12.1. The second-order valence-corrected chi connectivity index (χ2v) is 4.29. The zero-order valence-corrected chi connectivity index (χ0v) is 10.1. The molecule has 2 heterocycles. The lowest BCUT2D eigenvalue weighted by atomic mass is 10.2. The van der Waals surface area contributed by atoms with Crippen molar-refractivity contribution >= 4 is 11.6 Å². The highest BCUT2D eigenvalue weighted by molar-refractivity contribution is 5.51. The average molecular weight is 231 g/mol. The molecule has 17 heavy (non-hydrogen) atoms. The van der Waals surface area contributed by atoms with Crippen LogP contribution in [0.1, 0.15) is 25.7 Å². The lowest BCUT2D eigenvalue weighted by Gasteiger charge is -2.21. The number of nitrogens with zero attached hydrogens (tertiary/aromatic N) is 5. The second-order valence-electron chi connectivity index (χ2n) is 4.29. The molecule has 0 saturated carbocycles. The summed E-state index contributed by atoms with van der Waals surface area (Å²) in [6.07, 6.45) is 8.61. The predicted octanol–water partition coefficient (Wildman–Crippen LogP) is 1.77. The van der Waals surface area contributed by atoms with Crippen LogP contribution in [0.25, 0.3) is 0 Å². The molecule has 5 nitrogen and oxygen atoms in total. The average Bonchev–Trinajstić information content (AvgIpc) is 2.67. The van der Waals surface area contributed by atoms with Crippen molar-refractivity contribution in [3.05, 3.63) is 12.4 Å². The number of aromatic nitrogens is 2. The molecule has 5 heteroatoms. The van der Waals surface area contributed by atoms with Gasteiger partial charge < -0.3 is 4.90 Å². The van der Waals surface area contributed by atoms with E-state index in [9.17, 15) is 0 Å². The van der Waals surface area contributed by atoms with Crippen LogP contribution < -0.4 is 9.80 Å². The second kappa shape index (κ2) is 5.48. The standard InChI is InChI=1S/C12H17N5/c1-16(9-13)11-8-12(15-10-14-11)17-6-4-2-3-5-7-17/h8,10H,2-7H2,1H3. The minimum absolute atomic E-state index is 0.654. The Kier molecular flexibility index (Phi) is 3.76. The Morgan fingerprint density at radius 1 is 1.24 bits per heavy atom. The van der Waals surface area contributed by atoms with Gasteiger partial charge in [-0.1, -0.05) is 12.8 Å². The molecule has 1 aromatic heterocycles. The van der Waals surface area contributed by atoms with Gasteiger partial charge in [-0.25, -0.2) is 9.97 Å². The van der Waals surface area contributed by atoms with Crippen LogP contribution in [0.5, 0.6) is 0 Å². The van der Waals surface area contributed by atoms with E-state index in [4.69, 9.17) is 5.26 Å². The molecule has 0 aromatic carbocycles. The van der Waals surface area contributed by atoms with E-state index in [1.54, 1.807) is 7.05 Å². The Balaban J connectivity index is 2.17. The van der Waals surface area contributed by atoms with Gasteiger partial charge >= 0.3 is 0 Å². The Morgan fingerprint density at radius 3 is 2.59 bits per heavy atom. The molecule has 0 N–H and O–H groups in total. The summed E-state index contributed by atoms with van der Waals surface area (Å²) in [7, 11) is 1.70. The minimum atomic E-state index is 0.654. The van der Waals surface area contributed by atoms with E-state index in [1.165, 1.54) is 36.9 Å². The summed E-state index contributed by atoms with van der Waals surface area (Å²) in [5, 5.41) is 8.84. The molecule has 0 spiro atoms. The van der Waals surface area contributed by atoms with E-state index in [0.29, 0.717) is 5.82 Å². The van der Waals surface area contributed by atoms with E-state index in [0.717, 1.165) is 18.9 Å². The van der Waals surface area contributed by atoms with Crippen LogP contribution in [-0.4, -0.2) is 30.1 Å². The summed E-state index contributed by atoms with van der Waals surface area (Å²) < 4.78 is 0. The smallest absolute Gasteiger partial charge is 0.185 e. The lowest BCUT2D eigenvalue weighted by Crippen LogP contribution is -2.25. The van der Waals surface area contributed by atoms with E-state index in [-0.39, 0.29) is 0 Å². The Bertz CT molecular complexity index is 404. The Morgan fingerprint density at radius 2 is 1.94 bits per heavy atom. The Labute approximate surface area is 102 Å². The number of rotatable bonds is 2. The monoisotopic (exact) mass is 231 g/mol. The third kappa shape index (κ3) is 2.84. The highest BCUT2D eigenvalue weighted by Crippen LogP contribution is 2.19. The zero-order chi connectivity index (χ0) is 12.1. The maximum atomic E-state index is 8.84. The fourth-order valence-corrected chi connectivity index (χ4v) is 2.04. The Hall–Kier alpha value is -1.83. The molecule has 1 saturated heterocycles. The van der Waals surface area contributed by atoms with Crippen molar-refractivity contribution in [2.24, 2.45) is 0 Å². The molecule has 90 valence electrons. The molecule has 0 aliphatic carbocycles. The molecule has 0 radical (unpaired) electrons. The van der Waals surface area contributed by atoms with Crippen LogP contribution in [-0.2, 0) is 0 Å². The molecule has 2 rings (SSSR count). The summed E-state index contributed by atoms with van der Waals surface area (Å²) in [5.41, 5.74) is 0. The molecular formula is C12H17N5. The number of hydrogen-bond acceptors (Lipinski definition) is 5. The summed E-state index contributed by atoms with van der Waals surface area (Å²) in [5.74, 6) is 1.58. The normalized spacial score (nSPS) is 16.1. The maximum absolute atomic E-state index is 8.84. The molecule has 0 unspecified atom stereocenters. The van der Waals surface area contributed by atoms with E-state index in [2.05, 4.69) is 14.9 Å². The van der Waals surface area contributed by atoms with Gasteiger partial charge in [-0.15, -0.1) is 0 Å². The molecule has 1 aliphatic heterocycles. The number of anilines is 2. The van der Waals surface area contributed by atoms with Crippen molar-refractivity contribution in [2.45, 2.75) is 25.7 Å². The van der Waals surface area contributed by atoms with E-state index < -0.39 is 0 Å². The fraction of sp³-hybridized carbons (Fsp3) is 0.583. The first kappa shape index (κ1) is 11.6. The van der Waals surface area contributed by atoms with Crippen molar-refractivity contribution < 1.29 is 0 Å². The maximum Gasteiger partial charge on any atom is 0.185 e. The summed E-state index contributed by atoms with van der Waals surface area (Å²) in [6.45, 7) is 2.10. The van der Waals surface area contributed by atoms with Gasteiger partial charge in [-0.3, -0.25) is 4.90 Å². The first-order valence-corrected chi connectivity index (χ1v) is 6.02. The van der Waals surface area contributed by atoms with Crippen LogP contribution in [0, 0.1) is 11.5 Å². The summed E-state index contributed by atoms with van der Waals surface area (Å²) >= 11 is 0. The third-order valence-electron chi connectivity index (χ3n) is 3.06. The molecule has 1 fully saturated rings. The number of hydrogen-bond donors (Lipinski definition) is 0. The third-order valence-corrected chi connectivity index (χ3v) is 3.06. The predicted molar refractivity (Wildman–Crippen MR) is 66.7 cm³/mol. The van der Waals surface area contributed by atoms with Crippen molar-refractivity contribution in [2.75, 3.05) is 29.9 Å². The molecule has 0 atom stereocenters. The van der Waals surface area contributed by atoms with Crippen molar-refractivity contribution in [3.63, 3.8) is 0 Å². The molecule has 1 aromatic rings. The lowest BCUT2D eigenvalue weighted by molar-refractivity contribution is 0.726. The van der Waals surface area contributed by atoms with Gasteiger partial charge in [-0.05, 0) is 12.8 Å². The first-order valence-electron chi connectivity index (χ1n) is 6.02. The van der Waals surface area contributed by atoms with Crippen molar-refractivity contribution in [3.8, 4) is 6.19 Å². The SMILES string of the molecule is CN(C#N)c1cc(N2CCCCCC2)ncn1. The quantitative estimate of drug-likeness (QED) is 0.573. The van der Waals surface area contributed by atoms with E-state index in [1.807, 2.05) is 12.3 Å². The fourth-order valence-electron chi connectivity index (χ4n) is 2.04. The van der Waals surface area contributed by atoms with Gasteiger partial charge in [0.25, 0.3) is 0 Å². The van der Waals surface area contributed by atoms with Crippen molar-refractivity contribution in [1.29, 1.82) is 5.26 Å². The molecular weight excluding hydrogens is 214 g/mol. The topological polar surface area (TPSA) is 56.1 Å². The summed E-state index contributed by atoms with van der Waals surface area (Å²) in [6, 6.07) is 1.88. The van der Waals surface area contributed by atoms with Crippen LogP contribution in [0.4, 0.5) is 11.6 Å². The van der Waals surface area contributed by atoms with Gasteiger partial charge in [0.1, 0.15) is 18.0 Å². The van der Waals surface area contributed by atoms with Crippen LogP contribution >= 0.6 is 0 Å². The highest BCUT2D eigenvalue weighted by atomic mass is 15.2. The van der Waals surface area contributed by atoms with Crippen LogP contribution in [0.3, 0.4) is 0 Å². The zero-order valence-electron chi connectivity index (χ0n) is 10.1. The van der Waals surface area contributed by atoms with Crippen molar-refractivity contribution in [1.82, 2.24) is 9.97 Å². The number of nitriles is 1. The van der Waals surface area contributed by atoms with Gasteiger partial charge in [-0.2, -0.15) is 5.26 Å². The van der Waals surface area contributed by atoms with Gasteiger partial charge in [0.2, 0.25) is 0 Å². The molecule has 0 bridgehead atoms. The molecule has 1 aliphatic rings. The van der Waals surface area contributed by atoms with Gasteiger partial charge in [0.15, 0.2) is 6.19 Å². The van der Waals surface area contributed by atoms with Gasteiger partial charge in [0, 0.05) is 26.2 Å². The van der Waals surface area contributed by atoms with E-state index >= 15 is 0 Å².